The smallest absolute Gasteiger partial charge is 0.306 e. The molecule has 0 aliphatic rings. The van der Waals surface area contributed by atoms with Gasteiger partial charge in [0.15, 0.2) is 6.10 Å². The Labute approximate surface area is 497 Å². The van der Waals surface area contributed by atoms with E-state index in [9.17, 15) is 14.4 Å². The highest BCUT2D eigenvalue weighted by atomic mass is 16.6. The van der Waals surface area contributed by atoms with Crippen molar-refractivity contribution in [1.82, 2.24) is 0 Å². The summed E-state index contributed by atoms with van der Waals surface area (Å²) in [6, 6.07) is 0. The lowest BCUT2D eigenvalue weighted by Crippen LogP contribution is -2.30. The average molecular weight is 1120 g/mol. The van der Waals surface area contributed by atoms with Gasteiger partial charge in [-0.05, 0) is 89.9 Å². The van der Waals surface area contributed by atoms with Gasteiger partial charge in [0.05, 0.1) is 0 Å². The number of unbranched alkanes of at least 4 members (excludes halogenated alkanes) is 41. The van der Waals surface area contributed by atoms with E-state index in [0.717, 1.165) is 96.3 Å². The van der Waals surface area contributed by atoms with Gasteiger partial charge in [0.2, 0.25) is 0 Å². The Balaban J connectivity index is 4.00. The minimum absolute atomic E-state index is 0.0742. The van der Waals surface area contributed by atoms with Gasteiger partial charge >= 0.3 is 17.9 Å². The summed E-state index contributed by atoms with van der Waals surface area (Å²) in [6.45, 7) is 6.51. The molecule has 0 amide bonds. The average Bonchev–Trinajstić information content (AvgIpc) is 3.46. The van der Waals surface area contributed by atoms with Gasteiger partial charge in [-0.1, -0.05) is 325 Å². The van der Waals surface area contributed by atoms with Crippen molar-refractivity contribution >= 4 is 17.9 Å². The normalized spacial score (nSPS) is 12.5. The molecule has 0 aliphatic carbocycles. The summed E-state index contributed by atoms with van der Waals surface area (Å²) in [5, 5.41) is 0. The first-order chi connectivity index (χ1) is 39.5. The molecule has 1 unspecified atom stereocenters. The van der Waals surface area contributed by atoms with E-state index >= 15 is 0 Å². The summed E-state index contributed by atoms with van der Waals surface area (Å²) >= 11 is 0. The molecule has 0 heterocycles. The van der Waals surface area contributed by atoms with Crippen molar-refractivity contribution in [2.24, 2.45) is 0 Å². The predicted octanol–water partition coefficient (Wildman–Crippen LogP) is 24.1. The standard InChI is InChI=1S/C74H132O6/c1-4-7-10-13-16-18-20-22-24-26-28-30-32-34-35-36-37-38-39-41-42-44-46-48-50-52-54-56-58-61-64-67-73(76)79-70-71(69-78-72(75)66-63-60-15-12-9-6-3)80-74(77)68-65-62-59-57-55-53-51-49-47-45-43-40-33-31-29-27-25-23-21-19-17-14-11-8-5-2/h8,11,17,19,23,25-26,28-29,31,40,43,71H,4-7,9-10,12-16,18,20-22,24,27,30,32-39,41-42,44-70H2,1-3H3/b11-8-,19-17-,25-23-,28-26-,31-29-,43-40-. The van der Waals surface area contributed by atoms with Gasteiger partial charge in [-0.15, -0.1) is 0 Å². The number of hydrogen-bond donors (Lipinski definition) is 0. The van der Waals surface area contributed by atoms with E-state index in [-0.39, 0.29) is 31.1 Å². The van der Waals surface area contributed by atoms with Gasteiger partial charge < -0.3 is 14.2 Å². The molecule has 1 atom stereocenters. The molecule has 0 aromatic carbocycles. The van der Waals surface area contributed by atoms with Gasteiger partial charge in [0.1, 0.15) is 13.2 Å². The largest absolute Gasteiger partial charge is 0.462 e. The third kappa shape index (κ3) is 65.7. The van der Waals surface area contributed by atoms with Crippen LogP contribution in [-0.4, -0.2) is 37.2 Å². The molecule has 0 aliphatic heterocycles. The van der Waals surface area contributed by atoms with E-state index in [1.54, 1.807) is 0 Å². The summed E-state index contributed by atoms with van der Waals surface area (Å²) in [5.74, 6) is -0.873. The second-order valence-electron chi connectivity index (χ2n) is 23.4. The molecule has 0 bridgehead atoms. The SMILES string of the molecule is CC/C=C\C/C=C\C/C=C\C/C=C\C/C=C\CCCCCCCCCCCC(=O)OC(COC(=O)CCCCCCCC)COC(=O)CCCCCCCCCCCCCCCCCCCCC/C=C\CCCCCCCCCC. The number of esters is 3. The highest BCUT2D eigenvalue weighted by molar-refractivity contribution is 5.71. The van der Waals surface area contributed by atoms with Crippen molar-refractivity contribution < 1.29 is 28.6 Å². The molecular weight excluding hydrogens is 985 g/mol. The van der Waals surface area contributed by atoms with Crippen LogP contribution in [0.2, 0.25) is 0 Å². The molecule has 0 aromatic rings. The van der Waals surface area contributed by atoms with Crippen molar-refractivity contribution in [3.63, 3.8) is 0 Å². The first kappa shape index (κ1) is 76.9. The molecular formula is C74H132O6. The lowest BCUT2D eigenvalue weighted by molar-refractivity contribution is -0.167. The van der Waals surface area contributed by atoms with Crippen LogP contribution in [0.4, 0.5) is 0 Å². The van der Waals surface area contributed by atoms with E-state index in [2.05, 4.69) is 93.7 Å². The van der Waals surface area contributed by atoms with Gasteiger partial charge in [0.25, 0.3) is 0 Å². The Morgan fingerprint density at radius 1 is 0.263 bits per heavy atom. The van der Waals surface area contributed by atoms with E-state index in [1.165, 1.54) is 225 Å². The van der Waals surface area contributed by atoms with Crippen molar-refractivity contribution in [3.8, 4) is 0 Å². The van der Waals surface area contributed by atoms with Crippen molar-refractivity contribution in [3.05, 3.63) is 72.9 Å². The van der Waals surface area contributed by atoms with Crippen LogP contribution < -0.4 is 0 Å². The van der Waals surface area contributed by atoms with Gasteiger partial charge in [-0.3, -0.25) is 14.4 Å². The molecule has 0 N–H and O–H groups in total. The highest BCUT2D eigenvalue weighted by Crippen LogP contribution is 2.18. The van der Waals surface area contributed by atoms with Crippen molar-refractivity contribution in [1.29, 1.82) is 0 Å². The van der Waals surface area contributed by atoms with Crippen LogP contribution in [-0.2, 0) is 28.6 Å². The summed E-state index contributed by atoms with van der Waals surface area (Å²) in [4.78, 5) is 38.1. The molecule has 80 heavy (non-hydrogen) atoms. The topological polar surface area (TPSA) is 78.9 Å². The molecule has 464 valence electrons. The molecule has 0 fully saturated rings. The van der Waals surface area contributed by atoms with Crippen LogP contribution in [0.5, 0.6) is 0 Å². The third-order valence-corrected chi connectivity index (χ3v) is 15.4. The minimum Gasteiger partial charge on any atom is -0.462 e. The summed E-state index contributed by atoms with van der Waals surface area (Å²) < 4.78 is 16.8. The molecule has 6 nitrogen and oxygen atoms in total. The molecule has 0 aromatic heterocycles. The van der Waals surface area contributed by atoms with Crippen molar-refractivity contribution in [2.75, 3.05) is 13.2 Å². The second-order valence-corrected chi connectivity index (χ2v) is 23.4. The third-order valence-electron chi connectivity index (χ3n) is 15.4. The Kier molecular flexibility index (Phi) is 65.7. The second kappa shape index (κ2) is 68.3. The predicted molar refractivity (Wildman–Crippen MR) is 348 cm³/mol. The summed E-state index contributed by atoms with van der Waals surface area (Å²) in [5.41, 5.74) is 0. The maximum Gasteiger partial charge on any atom is 0.306 e. The minimum atomic E-state index is -0.775. The van der Waals surface area contributed by atoms with Gasteiger partial charge in [-0.2, -0.15) is 0 Å². The Morgan fingerprint density at radius 3 is 0.775 bits per heavy atom. The Bertz CT molecular complexity index is 1470. The van der Waals surface area contributed by atoms with Gasteiger partial charge in [-0.25, -0.2) is 0 Å². The number of ether oxygens (including phenoxy) is 3. The maximum atomic E-state index is 12.9. The van der Waals surface area contributed by atoms with Crippen LogP contribution >= 0.6 is 0 Å². The van der Waals surface area contributed by atoms with Crippen LogP contribution in [0, 0.1) is 0 Å². The maximum absolute atomic E-state index is 12.9. The number of hydrogen-bond acceptors (Lipinski definition) is 6. The number of carbonyl (C=O) groups excluding carboxylic acids is 3. The lowest BCUT2D eigenvalue weighted by atomic mass is 10.0. The Hall–Kier alpha value is -3.15. The number of rotatable bonds is 64. The first-order valence-electron chi connectivity index (χ1n) is 34.9. The zero-order valence-corrected chi connectivity index (χ0v) is 53.3. The van der Waals surface area contributed by atoms with Crippen LogP contribution in [0.1, 0.15) is 361 Å². The molecule has 0 spiro atoms. The zero-order valence-electron chi connectivity index (χ0n) is 53.3. The van der Waals surface area contributed by atoms with Gasteiger partial charge in [0, 0.05) is 19.3 Å². The molecule has 0 rings (SSSR count). The monoisotopic (exact) mass is 1120 g/mol. The van der Waals surface area contributed by atoms with Crippen LogP contribution in [0.15, 0.2) is 72.9 Å². The zero-order chi connectivity index (χ0) is 57.8. The van der Waals surface area contributed by atoms with E-state index in [4.69, 9.17) is 14.2 Å². The quantitative estimate of drug-likeness (QED) is 0.0261. The number of allylic oxidation sites excluding steroid dienone is 12. The fourth-order valence-corrected chi connectivity index (χ4v) is 10.2. The molecule has 6 heteroatoms. The van der Waals surface area contributed by atoms with E-state index in [0.29, 0.717) is 19.3 Å². The van der Waals surface area contributed by atoms with E-state index < -0.39 is 6.10 Å². The molecule has 0 saturated heterocycles. The summed E-state index contributed by atoms with van der Waals surface area (Å²) in [7, 11) is 0. The van der Waals surface area contributed by atoms with Crippen LogP contribution in [0.25, 0.3) is 0 Å². The van der Waals surface area contributed by atoms with Crippen molar-refractivity contribution in [2.45, 2.75) is 367 Å². The Morgan fingerprint density at radius 2 is 0.487 bits per heavy atom. The number of carbonyl (C=O) groups is 3. The highest BCUT2D eigenvalue weighted by Gasteiger charge is 2.19. The molecule has 0 saturated carbocycles. The first-order valence-corrected chi connectivity index (χ1v) is 34.9. The fourth-order valence-electron chi connectivity index (χ4n) is 10.2. The van der Waals surface area contributed by atoms with Crippen LogP contribution in [0.3, 0.4) is 0 Å². The summed E-state index contributed by atoms with van der Waals surface area (Å²) in [6.07, 6.45) is 89.8. The molecule has 0 radical (unpaired) electrons. The van der Waals surface area contributed by atoms with E-state index in [1.807, 2.05) is 0 Å². The lowest BCUT2D eigenvalue weighted by Gasteiger charge is -2.18. The fraction of sp³-hybridized carbons (Fsp3) is 0.797.